The van der Waals surface area contributed by atoms with E-state index in [2.05, 4.69) is 5.32 Å². The molecule has 1 heterocycles. The van der Waals surface area contributed by atoms with Gasteiger partial charge in [-0.2, -0.15) is 11.8 Å². The number of halogens is 3. The maximum atomic E-state index is 13.3. The van der Waals surface area contributed by atoms with E-state index in [4.69, 9.17) is 0 Å². The van der Waals surface area contributed by atoms with Crippen LogP contribution in [0.1, 0.15) is 18.4 Å². The highest BCUT2D eigenvalue weighted by Gasteiger charge is 2.15. The van der Waals surface area contributed by atoms with E-state index in [-0.39, 0.29) is 12.1 Å². The normalized spacial score (nSPS) is 20.5. The first-order valence-electron chi connectivity index (χ1n) is 5.61. The summed E-state index contributed by atoms with van der Waals surface area (Å²) in [6.07, 6.45) is 2.20. The SMILES string of the molecule is Fc1cc(F)c(CNC2CCCSC2)cc1F. The van der Waals surface area contributed by atoms with E-state index in [0.717, 1.165) is 30.4 Å². The second kappa shape index (κ2) is 5.78. The van der Waals surface area contributed by atoms with Crippen LogP contribution in [0.5, 0.6) is 0 Å². The summed E-state index contributed by atoms with van der Waals surface area (Å²) in [6.45, 7) is 0.244. The molecule has 0 spiro atoms. The van der Waals surface area contributed by atoms with E-state index in [1.54, 1.807) is 0 Å². The fourth-order valence-electron chi connectivity index (χ4n) is 1.86. The van der Waals surface area contributed by atoms with Crippen molar-refractivity contribution in [2.45, 2.75) is 25.4 Å². The van der Waals surface area contributed by atoms with Gasteiger partial charge in [-0.05, 0) is 24.7 Å². The summed E-state index contributed by atoms with van der Waals surface area (Å²) in [5, 5.41) is 3.18. The molecule has 1 nitrogen and oxygen atoms in total. The number of hydrogen-bond acceptors (Lipinski definition) is 2. The average molecular weight is 261 g/mol. The monoisotopic (exact) mass is 261 g/mol. The van der Waals surface area contributed by atoms with Crippen LogP contribution in [0, 0.1) is 17.5 Å². The second-order valence-electron chi connectivity index (χ2n) is 4.15. The fourth-order valence-corrected chi connectivity index (χ4v) is 2.96. The van der Waals surface area contributed by atoms with Crippen LogP contribution in [-0.4, -0.2) is 17.5 Å². The Morgan fingerprint density at radius 3 is 2.65 bits per heavy atom. The van der Waals surface area contributed by atoms with Gasteiger partial charge in [0.05, 0.1) is 0 Å². The minimum atomic E-state index is -1.14. The summed E-state index contributed by atoms with van der Waals surface area (Å²) in [5.74, 6) is -0.677. The summed E-state index contributed by atoms with van der Waals surface area (Å²) in [5.41, 5.74) is 0.180. The number of benzene rings is 1. The second-order valence-corrected chi connectivity index (χ2v) is 5.30. The minimum Gasteiger partial charge on any atom is -0.309 e. The lowest BCUT2D eigenvalue weighted by molar-refractivity contribution is 0.472. The van der Waals surface area contributed by atoms with Crippen LogP contribution in [0.2, 0.25) is 0 Å². The molecule has 17 heavy (non-hydrogen) atoms. The Hall–Kier alpha value is -0.680. The van der Waals surface area contributed by atoms with Crippen LogP contribution < -0.4 is 5.32 Å². The molecule has 1 N–H and O–H groups in total. The fraction of sp³-hybridized carbons (Fsp3) is 0.500. The zero-order chi connectivity index (χ0) is 12.3. The molecule has 1 aromatic rings. The lowest BCUT2D eigenvalue weighted by Gasteiger charge is -2.22. The van der Waals surface area contributed by atoms with Crippen molar-refractivity contribution in [3.05, 3.63) is 35.1 Å². The van der Waals surface area contributed by atoms with Gasteiger partial charge < -0.3 is 5.32 Å². The Balaban J connectivity index is 1.96. The van der Waals surface area contributed by atoms with Gasteiger partial charge in [0.1, 0.15) is 5.82 Å². The number of thioether (sulfide) groups is 1. The van der Waals surface area contributed by atoms with Gasteiger partial charge in [-0.15, -0.1) is 0 Å². The van der Waals surface area contributed by atoms with E-state index in [0.29, 0.717) is 12.1 Å². The third-order valence-corrected chi connectivity index (χ3v) is 4.05. The topological polar surface area (TPSA) is 12.0 Å². The highest BCUT2D eigenvalue weighted by Crippen LogP contribution is 2.18. The predicted molar refractivity (Wildman–Crippen MR) is 63.5 cm³/mol. The molecule has 0 aliphatic carbocycles. The molecule has 1 aromatic carbocycles. The van der Waals surface area contributed by atoms with E-state index >= 15 is 0 Å². The third-order valence-electron chi connectivity index (χ3n) is 2.83. The van der Waals surface area contributed by atoms with Crippen molar-refractivity contribution >= 4 is 11.8 Å². The Morgan fingerprint density at radius 1 is 1.18 bits per heavy atom. The molecule has 1 atom stereocenters. The average Bonchev–Trinajstić information content (AvgIpc) is 2.33. The Morgan fingerprint density at radius 2 is 1.94 bits per heavy atom. The van der Waals surface area contributed by atoms with Crippen molar-refractivity contribution in [3.8, 4) is 0 Å². The van der Waals surface area contributed by atoms with Crippen molar-refractivity contribution in [3.63, 3.8) is 0 Å². The molecule has 1 unspecified atom stereocenters. The van der Waals surface area contributed by atoms with E-state index < -0.39 is 17.5 Å². The quantitative estimate of drug-likeness (QED) is 0.839. The van der Waals surface area contributed by atoms with Gasteiger partial charge in [-0.25, -0.2) is 13.2 Å². The molecule has 0 bridgehead atoms. The third kappa shape index (κ3) is 3.39. The van der Waals surface area contributed by atoms with Crippen molar-refractivity contribution in [1.82, 2.24) is 5.32 Å². The zero-order valence-electron chi connectivity index (χ0n) is 9.31. The first-order valence-corrected chi connectivity index (χ1v) is 6.77. The molecule has 1 aliphatic heterocycles. The van der Waals surface area contributed by atoms with Gasteiger partial charge in [-0.1, -0.05) is 0 Å². The lowest BCUT2D eigenvalue weighted by atomic mass is 10.1. The Bertz CT molecular complexity index is 392. The first kappa shape index (κ1) is 12.8. The van der Waals surface area contributed by atoms with Crippen molar-refractivity contribution in [2.24, 2.45) is 0 Å². The molecule has 5 heteroatoms. The van der Waals surface area contributed by atoms with Crippen molar-refractivity contribution < 1.29 is 13.2 Å². The molecule has 94 valence electrons. The van der Waals surface area contributed by atoms with Crippen LogP contribution in [-0.2, 0) is 6.54 Å². The van der Waals surface area contributed by atoms with Gasteiger partial charge in [0.15, 0.2) is 11.6 Å². The van der Waals surface area contributed by atoms with E-state index in [9.17, 15) is 13.2 Å². The molecule has 1 aliphatic rings. The summed E-state index contributed by atoms with van der Waals surface area (Å²) in [7, 11) is 0. The molecule has 1 saturated heterocycles. The number of hydrogen-bond donors (Lipinski definition) is 1. The van der Waals surface area contributed by atoms with Crippen LogP contribution in [0.25, 0.3) is 0 Å². The Labute approximate surface area is 103 Å². The first-order chi connectivity index (χ1) is 8.16. The van der Waals surface area contributed by atoms with Gasteiger partial charge in [-0.3, -0.25) is 0 Å². The molecule has 0 radical (unpaired) electrons. The molecule has 0 aromatic heterocycles. The molecule has 0 amide bonds. The maximum Gasteiger partial charge on any atom is 0.161 e. The van der Waals surface area contributed by atoms with E-state index in [1.165, 1.54) is 0 Å². The molecule has 0 saturated carbocycles. The van der Waals surface area contributed by atoms with Crippen LogP contribution in [0.4, 0.5) is 13.2 Å². The molecular formula is C12H14F3NS. The van der Waals surface area contributed by atoms with Gasteiger partial charge in [0, 0.05) is 30.0 Å². The maximum absolute atomic E-state index is 13.3. The molecular weight excluding hydrogens is 247 g/mol. The summed E-state index contributed by atoms with van der Waals surface area (Å²) in [4.78, 5) is 0. The summed E-state index contributed by atoms with van der Waals surface area (Å²) < 4.78 is 39.0. The highest BCUT2D eigenvalue weighted by molar-refractivity contribution is 7.99. The minimum absolute atomic E-state index is 0.180. The van der Waals surface area contributed by atoms with Gasteiger partial charge >= 0.3 is 0 Å². The number of nitrogens with one attached hydrogen (secondary N) is 1. The van der Waals surface area contributed by atoms with Gasteiger partial charge in [0.25, 0.3) is 0 Å². The van der Waals surface area contributed by atoms with Crippen LogP contribution >= 0.6 is 11.8 Å². The van der Waals surface area contributed by atoms with E-state index in [1.807, 2.05) is 11.8 Å². The zero-order valence-corrected chi connectivity index (χ0v) is 10.1. The van der Waals surface area contributed by atoms with Crippen LogP contribution in [0.15, 0.2) is 12.1 Å². The standard InChI is InChI=1S/C12H14F3NS/c13-10-5-12(15)11(14)4-8(10)6-16-9-2-1-3-17-7-9/h4-5,9,16H,1-3,6-7H2. The van der Waals surface area contributed by atoms with Gasteiger partial charge in [0.2, 0.25) is 0 Å². The lowest BCUT2D eigenvalue weighted by Crippen LogP contribution is -2.33. The number of rotatable bonds is 3. The smallest absolute Gasteiger partial charge is 0.161 e. The summed E-state index contributed by atoms with van der Waals surface area (Å²) >= 11 is 1.86. The largest absolute Gasteiger partial charge is 0.309 e. The van der Waals surface area contributed by atoms with Crippen molar-refractivity contribution in [1.29, 1.82) is 0 Å². The predicted octanol–water partition coefficient (Wildman–Crippen LogP) is 3.09. The molecule has 1 fully saturated rings. The highest BCUT2D eigenvalue weighted by atomic mass is 32.2. The van der Waals surface area contributed by atoms with Crippen molar-refractivity contribution in [2.75, 3.05) is 11.5 Å². The summed E-state index contributed by atoms with van der Waals surface area (Å²) in [6, 6.07) is 1.86. The Kier molecular flexibility index (Phi) is 4.34. The van der Waals surface area contributed by atoms with Crippen LogP contribution in [0.3, 0.4) is 0 Å². The molecule has 2 rings (SSSR count).